The largest absolute Gasteiger partial charge is 0.512 e. The minimum absolute atomic E-state index is 0. The van der Waals surface area contributed by atoms with Gasteiger partial charge in [0, 0.05) is 56.6 Å². The van der Waals surface area contributed by atoms with Crippen molar-refractivity contribution in [3.8, 4) is 11.3 Å². The van der Waals surface area contributed by atoms with Crippen LogP contribution in [0.15, 0.2) is 89.2 Å². The van der Waals surface area contributed by atoms with Crippen LogP contribution in [0.4, 0.5) is 0 Å². The van der Waals surface area contributed by atoms with E-state index in [1.54, 1.807) is 6.20 Å². The van der Waals surface area contributed by atoms with E-state index in [4.69, 9.17) is 4.42 Å². The molecule has 0 bridgehead atoms. The van der Waals surface area contributed by atoms with Crippen LogP contribution < -0.4 is 4.57 Å². The van der Waals surface area contributed by atoms with Crippen LogP contribution in [-0.4, -0.2) is 15.9 Å². The molecule has 0 aliphatic carbocycles. The van der Waals surface area contributed by atoms with Crippen LogP contribution in [0.5, 0.6) is 0 Å². The number of allylic oxidation sites excluding steroid dienone is 2. The minimum atomic E-state index is 0. The maximum absolute atomic E-state index is 11.7. The second kappa shape index (κ2) is 14.9. The molecule has 3 heterocycles. The number of aromatic nitrogens is 2. The smallest absolute Gasteiger partial charge is 0.216 e. The van der Waals surface area contributed by atoms with Crippen molar-refractivity contribution >= 4 is 49.5 Å². The average Bonchev–Trinajstić information content (AvgIpc) is 3.41. The predicted molar refractivity (Wildman–Crippen MR) is 180 cm³/mol. The number of benzene rings is 3. The third-order valence-electron chi connectivity index (χ3n) is 8.69. The van der Waals surface area contributed by atoms with Gasteiger partial charge in [0.1, 0.15) is 11.2 Å². The van der Waals surface area contributed by atoms with E-state index in [1.807, 2.05) is 44.4 Å². The van der Waals surface area contributed by atoms with Gasteiger partial charge in [-0.1, -0.05) is 76.4 Å². The standard InChI is InChI=1S/C26H17N2O.C13H24O2.Ir/c1-16-14-21-20-8-5-13-27-26(20)29-25(21)22(15-16)24-12-10-19-18-7-4-3-6-17(18)9-11-23(19)28(24)2;1-5-10(6-2)12(14)9-13(15)11(7-3)8-4;/h3-14H,2H2,1H3;9-11,14H,5-8H2,1-4H3;/q-1;;/b;12-9-;. The first kappa shape index (κ1) is 33.9. The van der Waals surface area contributed by atoms with Crippen molar-refractivity contribution in [2.45, 2.75) is 60.3 Å². The Kier molecular flexibility index (Phi) is 11.2. The molecule has 6 aromatic rings. The number of pyridine rings is 2. The van der Waals surface area contributed by atoms with Gasteiger partial charge in [-0.05, 0) is 71.7 Å². The van der Waals surface area contributed by atoms with Crippen LogP contribution in [0.2, 0.25) is 0 Å². The van der Waals surface area contributed by atoms with Gasteiger partial charge in [0.05, 0.1) is 11.3 Å². The summed E-state index contributed by atoms with van der Waals surface area (Å²) in [5, 5.41) is 15.5. The van der Waals surface area contributed by atoms with E-state index >= 15 is 0 Å². The summed E-state index contributed by atoms with van der Waals surface area (Å²) < 4.78 is 8.13. The van der Waals surface area contributed by atoms with Crippen LogP contribution in [0, 0.1) is 31.9 Å². The monoisotopic (exact) mass is 778 g/mol. The quantitative estimate of drug-likeness (QED) is 0.0550. The molecule has 0 saturated carbocycles. The molecule has 235 valence electrons. The number of hydrogen-bond acceptors (Lipinski definition) is 4. The fraction of sp³-hybridized carbons (Fsp3) is 0.282. The maximum atomic E-state index is 11.7. The van der Waals surface area contributed by atoms with Crippen molar-refractivity contribution in [3.05, 3.63) is 103 Å². The third kappa shape index (κ3) is 6.83. The molecule has 0 saturated heterocycles. The number of furan rings is 1. The zero-order chi connectivity index (χ0) is 31.4. The maximum Gasteiger partial charge on any atom is 0.216 e. The van der Waals surface area contributed by atoms with Crippen LogP contribution in [0.25, 0.3) is 55.0 Å². The zero-order valence-electron chi connectivity index (χ0n) is 26.7. The van der Waals surface area contributed by atoms with Crippen LogP contribution >= 0.6 is 0 Å². The number of aryl methyl sites for hydroxylation is 1. The molecule has 0 aliphatic heterocycles. The molecule has 3 aromatic carbocycles. The Morgan fingerprint density at radius 1 is 0.911 bits per heavy atom. The number of fused-ring (bicyclic) bond motifs is 6. The van der Waals surface area contributed by atoms with E-state index < -0.39 is 0 Å². The van der Waals surface area contributed by atoms with Crippen LogP contribution in [0.3, 0.4) is 0 Å². The minimum Gasteiger partial charge on any atom is -0.512 e. The molecule has 0 spiro atoms. The van der Waals surface area contributed by atoms with Crippen molar-refractivity contribution in [1.82, 2.24) is 4.98 Å². The molecule has 1 N–H and O–H groups in total. The Bertz CT molecular complexity index is 1980. The van der Waals surface area contributed by atoms with Gasteiger partial charge in [0.2, 0.25) is 5.71 Å². The first-order valence-corrected chi connectivity index (χ1v) is 15.6. The summed E-state index contributed by atoms with van der Waals surface area (Å²) >= 11 is 0. The molecule has 0 aliphatic rings. The summed E-state index contributed by atoms with van der Waals surface area (Å²) in [7, 11) is 4.36. The molecule has 5 nitrogen and oxygen atoms in total. The molecule has 1 radical (unpaired) electrons. The number of ketones is 1. The van der Waals surface area contributed by atoms with Gasteiger partial charge in [-0.15, -0.1) is 17.7 Å². The Morgan fingerprint density at radius 2 is 1.60 bits per heavy atom. The van der Waals surface area contributed by atoms with Crippen LogP contribution in [-0.2, 0) is 24.9 Å². The number of rotatable bonds is 8. The number of carbonyl (C=O) groups excluding carboxylic acids is 1. The van der Waals surface area contributed by atoms with Gasteiger partial charge < -0.3 is 14.1 Å². The van der Waals surface area contributed by atoms with Gasteiger partial charge >= 0.3 is 0 Å². The molecule has 0 fully saturated rings. The van der Waals surface area contributed by atoms with E-state index in [-0.39, 0.29) is 43.5 Å². The molecule has 45 heavy (non-hydrogen) atoms. The van der Waals surface area contributed by atoms with Crippen molar-refractivity contribution in [2.24, 2.45) is 11.8 Å². The Hall–Kier alpha value is -3.99. The van der Waals surface area contributed by atoms with E-state index in [0.717, 1.165) is 64.4 Å². The van der Waals surface area contributed by atoms with Gasteiger partial charge in [-0.3, -0.25) is 4.79 Å². The fourth-order valence-electron chi connectivity index (χ4n) is 6.04. The predicted octanol–water partition coefficient (Wildman–Crippen LogP) is 9.86. The van der Waals surface area contributed by atoms with Crippen molar-refractivity contribution in [2.75, 3.05) is 0 Å². The number of aliphatic hydroxyl groups excluding tert-OH is 1. The van der Waals surface area contributed by atoms with Crippen LogP contribution in [0.1, 0.15) is 58.9 Å². The second-order valence-corrected chi connectivity index (χ2v) is 11.4. The second-order valence-electron chi connectivity index (χ2n) is 11.4. The zero-order valence-corrected chi connectivity index (χ0v) is 29.1. The van der Waals surface area contributed by atoms with Gasteiger partial charge in [-0.2, -0.15) is 0 Å². The molecule has 6 heteroatoms. The SMILES string of the molecule is CCC(CC)C(=O)/C=C(\O)C(CC)CC.[CH2-][n+]1c(-c2[c-]c(C)cc3c2oc2ncccc23)ccc2c3ccccc3ccc21.[Ir]. The van der Waals surface area contributed by atoms with Crippen molar-refractivity contribution in [1.29, 1.82) is 0 Å². The van der Waals surface area contributed by atoms with Gasteiger partial charge in [0.15, 0.2) is 5.78 Å². The summed E-state index contributed by atoms with van der Waals surface area (Å²) in [5.74, 6) is 0.547. The van der Waals surface area contributed by atoms with E-state index in [1.165, 1.54) is 22.2 Å². The fourth-order valence-corrected chi connectivity index (χ4v) is 6.04. The molecule has 0 atom stereocenters. The summed E-state index contributed by atoms with van der Waals surface area (Å²) in [5.41, 5.74) is 5.42. The number of aliphatic hydroxyl groups is 1. The first-order valence-electron chi connectivity index (χ1n) is 15.6. The third-order valence-corrected chi connectivity index (χ3v) is 8.69. The van der Waals surface area contributed by atoms with E-state index in [9.17, 15) is 9.90 Å². The van der Waals surface area contributed by atoms with Gasteiger partial charge in [-0.25, -0.2) is 4.98 Å². The van der Waals surface area contributed by atoms with E-state index in [0.29, 0.717) is 5.71 Å². The van der Waals surface area contributed by atoms with Crippen molar-refractivity contribution < 1.29 is 39.0 Å². The molecule has 0 amide bonds. The normalized spacial score (nSPS) is 11.8. The Labute approximate surface area is 279 Å². The molecule has 3 aromatic heterocycles. The molecule has 6 rings (SSSR count). The topological polar surface area (TPSA) is 67.2 Å². The Morgan fingerprint density at radius 3 is 2.31 bits per heavy atom. The molecular formula is C39H41IrN2O3-. The number of hydrogen-bond donors (Lipinski definition) is 1. The van der Waals surface area contributed by atoms with E-state index in [2.05, 4.69) is 79.6 Å². The average molecular weight is 778 g/mol. The summed E-state index contributed by atoms with van der Waals surface area (Å²) in [4.78, 5) is 16.1. The Balaban J connectivity index is 0.000000249. The molecule has 0 unspecified atom stereocenters. The summed E-state index contributed by atoms with van der Waals surface area (Å²) in [6.45, 7) is 10.1. The van der Waals surface area contributed by atoms with Crippen molar-refractivity contribution in [3.63, 3.8) is 0 Å². The summed E-state index contributed by atoms with van der Waals surface area (Å²) in [6.07, 6.45) is 6.66. The summed E-state index contributed by atoms with van der Waals surface area (Å²) in [6, 6.07) is 26.5. The molecular weight excluding hydrogens is 737 g/mol. The first-order chi connectivity index (χ1) is 21.3. The number of nitrogens with zero attached hydrogens (tertiary/aromatic N) is 2. The van der Waals surface area contributed by atoms with Gasteiger partial charge in [0.25, 0.3) is 0 Å². The number of carbonyl (C=O) groups is 1.